The van der Waals surface area contributed by atoms with E-state index >= 15 is 0 Å². The molecule has 25 heavy (non-hydrogen) atoms. The van der Waals surface area contributed by atoms with E-state index in [0.29, 0.717) is 10.8 Å². The Morgan fingerprint density at radius 1 is 0.760 bits per heavy atom. The van der Waals surface area contributed by atoms with Crippen LogP contribution in [-0.2, 0) is 0 Å². The molecular weight excluding hydrogens is 300 g/mol. The average molecular weight is 341 g/mol. The average Bonchev–Trinajstić information content (AvgIpc) is 3.12. The molecule has 0 aromatic rings. The van der Waals surface area contributed by atoms with Crippen LogP contribution in [0, 0.1) is 69.0 Å². The second-order valence-corrected chi connectivity index (χ2v) is 13.1. The van der Waals surface area contributed by atoms with E-state index in [4.69, 9.17) is 0 Å². The van der Waals surface area contributed by atoms with Crippen LogP contribution in [0.1, 0.15) is 86.5 Å². The molecular formula is C25H40. The van der Waals surface area contributed by atoms with E-state index in [1.165, 1.54) is 19.3 Å². The highest BCUT2D eigenvalue weighted by Gasteiger charge is 2.83. The molecule has 0 heteroatoms. The fraction of sp³-hybridized carbons (Fsp3) is 1.00. The van der Waals surface area contributed by atoms with Gasteiger partial charge in [0.15, 0.2) is 0 Å². The van der Waals surface area contributed by atoms with Gasteiger partial charge in [-0.15, -0.1) is 0 Å². The van der Waals surface area contributed by atoms with Gasteiger partial charge in [-0.3, -0.25) is 0 Å². The number of hydrogen-bond acceptors (Lipinski definition) is 0. The van der Waals surface area contributed by atoms with Crippen molar-refractivity contribution in [2.24, 2.45) is 69.0 Å². The van der Waals surface area contributed by atoms with Gasteiger partial charge in [-0.2, -0.15) is 0 Å². The van der Waals surface area contributed by atoms with Crippen molar-refractivity contribution in [2.45, 2.75) is 86.5 Å². The van der Waals surface area contributed by atoms with Crippen LogP contribution in [0.15, 0.2) is 0 Å². The maximum atomic E-state index is 2.75. The summed E-state index contributed by atoms with van der Waals surface area (Å²) >= 11 is 0. The predicted molar refractivity (Wildman–Crippen MR) is 104 cm³/mol. The first-order valence-electron chi connectivity index (χ1n) is 11.7. The normalized spacial score (nSPS) is 69.5. The molecule has 6 aliphatic rings. The molecule has 6 aliphatic carbocycles. The van der Waals surface area contributed by atoms with Crippen LogP contribution >= 0.6 is 0 Å². The molecule has 6 fully saturated rings. The van der Waals surface area contributed by atoms with Crippen molar-refractivity contribution < 1.29 is 0 Å². The van der Waals surface area contributed by atoms with E-state index in [-0.39, 0.29) is 0 Å². The van der Waals surface area contributed by atoms with Gasteiger partial charge in [0.05, 0.1) is 0 Å². The van der Waals surface area contributed by atoms with Gasteiger partial charge in [-0.05, 0) is 114 Å². The third-order valence-electron chi connectivity index (χ3n) is 12.3. The molecule has 6 rings (SSSR count). The van der Waals surface area contributed by atoms with Gasteiger partial charge in [-0.25, -0.2) is 0 Å². The molecule has 0 radical (unpaired) electrons. The summed E-state index contributed by atoms with van der Waals surface area (Å²) in [5.74, 6) is 8.43. The van der Waals surface area contributed by atoms with E-state index in [2.05, 4.69) is 41.5 Å². The zero-order chi connectivity index (χ0) is 17.6. The Labute approximate surface area is 155 Å². The highest BCUT2D eigenvalue weighted by molar-refractivity contribution is 5.31. The SMILES string of the molecule is CC(C)[C@H]1CC[C@@]2(C)CC[C@]3(C)C[C@H]4[C@H](C[C@]5(C)[C@H]6C[C@H]6[C@]45C)[C@H]3[C@H]12. The van der Waals surface area contributed by atoms with Crippen LogP contribution in [0.2, 0.25) is 0 Å². The third-order valence-corrected chi connectivity index (χ3v) is 12.3. The highest BCUT2D eigenvalue weighted by atomic mass is 14.9. The van der Waals surface area contributed by atoms with Crippen LogP contribution in [-0.4, -0.2) is 0 Å². The number of fused-ring (bicyclic) bond motifs is 10. The molecule has 0 spiro atoms. The standard InChI is InChI=1S/C25H40/c1-14(2)15-7-8-22(3)9-10-23(4)13-19-16(21(23)20(15)22)12-24(5)17-11-18(17)25(19,24)6/h14-21H,7-13H2,1-6H3/t15-,16+,17+,18-,19+,20+,21+,22+,23-,24-,25-/m1/s1. The summed E-state index contributed by atoms with van der Waals surface area (Å²) in [5.41, 5.74) is 2.82. The number of hydrogen-bond donors (Lipinski definition) is 0. The molecule has 0 amide bonds. The molecule has 0 aromatic heterocycles. The van der Waals surface area contributed by atoms with Gasteiger partial charge < -0.3 is 0 Å². The van der Waals surface area contributed by atoms with E-state index in [1.807, 2.05) is 0 Å². The quantitative estimate of drug-likeness (QED) is 0.493. The molecule has 0 aliphatic heterocycles. The molecule has 0 N–H and O–H groups in total. The molecule has 0 bridgehead atoms. The summed E-state index contributed by atoms with van der Waals surface area (Å²) in [5, 5.41) is 0. The lowest BCUT2D eigenvalue weighted by molar-refractivity contribution is -0.0840. The van der Waals surface area contributed by atoms with Gasteiger partial charge in [0.1, 0.15) is 0 Å². The van der Waals surface area contributed by atoms with E-state index in [9.17, 15) is 0 Å². The van der Waals surface area contributed by atoms with Gasteiger partial charge in [0.2, 0.25) is 0 Å². The van der Waals surface area contributed by atoms with Gasteiger partial charge in [0.25, 0.3) is 0 Å². The van der Waals surface area contributed by atoms with Crippen molar-refractivity contribution >= 4 is 0 Å². The monoisotopic (exact) mass is 340 g/mol. The van der Waals surface area contributed by atoms with Crippen molar-refractivity contribution in [1.29, 1.82) is 0 Å². The minimum Gasteiger partial charge on any atom is -0.0625 e. The molecule has 140 valence electrons. The third kappa shape index (κ3) is 1.50. The molecule has 0 nitrogen and oxygen atoms in total. The van der Waals surface area contributed by atoms with Crippen molar-refractivity contribution in [3.05, 3.63) is 0 Å². The first-order chi connectivity index (χ1) is 11.7. The Morgan fingerprint density at radius 3 is 2.20 bits per heavy atom. The summed E-state index contributed by atoms with van der Waals surface area (Å²) < 4.78 is 0. The fourth-order valence-corrected chi connectivity index (χ4v) is 11.0. The largest absolute Gasteiger partial charge is 0.0625 e. The van der Waals surface area contributed by atoms with Gasteiger partial charge >= 0.3 is 0 Å². The minimum absolute atomic E-state index is 0.681. The number of rotatable bonds is 1. The van der Waals surface area contributed by atoms with Crippen LogP contribution in [0.25, 0.3) is 0 Å². The van der Waals surface area contributed by atoms with Crippen LogP contribution in [0.5, 0.6) is 0 Å². The lowest BCUT2D eigenvalue weighted by Crippen LogP contribution is -2.50. The van der Waals surface area contributed by atoms with Crippen molar-refractivity contribution in [3.8, 4) is 0 Å². The lowest BCUT2D eigenvalue weighted by Gasteiger charge is -2.56. The molecule has 0 unspecified atom stereocenters. The van der Waals surface area contributed by atoms with Crippen molar-refractivity contribution in [3.63, 3.8) is 0 Å². The summed E-state index contributed by atoms with van der Waals surface area (Å²) in [6, 6.07) is 0. The second kappa shape index (κ2) is 4.20. The summed E-state index contributed by atoms with van der Waals surface area (Å²) in [4.78, 5) is 0. The smallest absolute Gasteiger partial charge is 0.0207 e. The Morgan fingerprint density at radius 2 is 1.48 bits per heavy atom. The van der Waals surface area contributed by atoms with E-state index in [1.54, 1.807) is 25.7 Å². The highest BCUT2D eigenvalue weighted by Crippen LogP contribution is 2.89. The molecule has 0 saturated heterocycles. The van der Waals surface area contributed by atoms with Crippen LogP contribution in [0.3, 0.4) is 0 Å². The predicted octanol–water partition coefficient (Wildman–Crippen LogP) is 6.79. The maximum absolute atomic E-state index is 2.75. The zero-order valence-electron chi connectivity index (χ0n) is 17.6. The summed E-state index contributed by atoms with van der Waals surface area (Å²) in [7, 11) is 0. The lowest BCUT2D eigenvalue weighted by atomic mass is 9.48. The summed E-state index contributed by atoms with van der Waals surface area (Å²) in [6.45, 7) is 16.0. The Hall–Kier alpha value is 0. The molecule has 11 atom stereocenters. The van der Waals surface area contributed by atoms with Crippen molar-refractivity contribution in [1.82, 2.24) is 0 Å². The Bertz CT molecular complexity index is 634. The zero-order valence-corrected chi connectivity index (χ0v) is 17.6. The van der Waals surface area contributed by atoms with E-state index < -0.39 is 0 Å². The maximum Gasteiger partial charge on any atom is -0.0207 e. The van der Waals surface area contributed by atoms with Crippen LogP contribution in [0.4, 0.5) is 0 Å². The molecule has 6 saturated carbocycles. The van der Waals surface area contributed by atoms with Gasteiger partial charge in [-0.1, -0.05) is 41.5 Å². The first-order valence-corrected chi connectivity index (χ1v) is 11.7. The molecule has 0 aromatic carbocycles. The van der Waals surface area contributed by atoms with Gasteiger partial charge in [0, 0.05) is 0 Å². The van der Waals surface area contributed by atoms with Crippen molar-refractivity contribution in [2.75, 3.05) is 0 Å². The molecule has 0 heterocycles. The Kier molecular flexibility index (Phi) is 2.69. The van der Waals surface area contributed by atoms with E-state index in [0.717, 1.165) is 58.2 Å². The second-order valence-electron chi connectivity index (χ2n) is 13.1. The summed E-state index contributed by atoms with van der Waals surface area (Å²) in [6.07, 6.45) is 10.9. The fourth-order valence-electron chi connectivity index (χ4n) is 11.0. The Balaban J connectivity index is 1.44. The topological polar surface area (TPSA) is 0 Å². The first kappa shape index (κ1) is 16.0. The minimum atomic E-state index is 0.681. The van der Waals surface area contributed by atoms with Crippen LogP contribution < -0.4 is 0 Å².